The van der Waals surface area contributed by atoms with Crippen molar-refractivity contribution < 1.29 is 14.2 Å². The molecule has 0 amide bonds. The van der Waals surface area contributed by atoms with E-state index in [0.29, 0.717) is 17.2 Å². The monoisotopic (exact) mass is 284 g/mol. The minimum Gasteiger partial charge on any atom is -0.493 e. The summed E-state index contributed by atoms with van der Waals surface area (Å²) in [5.41, 5.74) is 2.79. The highest BCUT2D eigenvalue weighted by molar-refractivity contribution is 5.79. The van der Waals surface area contributed by atoms with Crippen LogP contribution in [0.5, 0.6) is 17.2 Å². The number of hydrogen-bond acceptors (Lipinski definition) is 4. The lowest BCUT2D eigenvalue weighted by atomic mass is 10.1. The second-order valence-electron chi connectivity index (χ2n) is 4.49. The van der Waals surface area contributed by atoms with Crippen molar-refractivity contribution >= 4 is 5.52 Å². The van der Waals surface area contributed by atoms with Gasteiger partial charge in [0.05, 0.1) is 32.5 Å². The molecule has 5 nitrogen and oxygen atoms in total. The highest BCUT2D eigenvalue weighted by atomic mass is 16.5. The second-order valence-corrected chi connectivity index (χ2v) is 4.49. The molecule has 21 heavy (non-hydrogen) atoms. The maximum Gasteiger partial charge on any atom is 0.203 e. The first kappa shape index (κ1) is 13.3. The van der Waals surface area contributed by atoms with Crippen molar-refractivity contribution in [3.05, 3.63) is 42.9 Å². The minimum absolute atomic E-state index is 0.575. The van der Waals surface area contributed by atoms with E-state index in [2.05, 4.69) is 4.98 Å². The molecule has 3 aromatic rings. The van der Waals surface area contributed by atoms with Crippen molar-refractivity contribution in [2.24, 2.45) is 0 Å². The largest absolute Gasteiger partial charge is 0.493 e. The molecule has 0 aliphatic rings. The topological polar surface area (TPSA) is 45.0 Å². The Hall–Kier alpha value is -2.69. The van der Waals surface area contributed by atoms with Gasteiger partial charge in [-0.2, -0.15) is 0 Å². The maximum absolute atomic E-state index is 5.39. The average molecular weight is 284 g/mol. The van der Waals surface area contributed by atoms with Crippen LogP contribution in [-0.2, 0) is 0 Å². The Bertz CT molecular complexity index is 755. The Labute approximate surface area is 122 Å². The van der Waals surface area contributed by atoms with Gasteiger partial charge in [-0.15, -0.1) is 0 Å². The molecule has 0 N–H and O–H groups in total. The summed E-state index contributed by atoms with van der Waals surface area (Å²) in [7, 11) is 4.80. The number of nitrogens with zero attached hydrogens (tertiary/aromatic N) is 2. The number of hydrogen-bond donors (Lipinski definition) is 0. The van der Waals surface area contributed by atoms with Crippen molar-refractivity contribution in [3.8, 4) is 28.5 Å². The number of fused-ring (bicyclic) bond motifs is 1. The first-order valence-corrected chi connectivity index (χ1v) is 6.50. The zero-order valence-electron chi connectivity index (χ0n) is 12.2. The van der Waals surface area contributed by atoms with E-state index in [0.717, 1.165) is 16.8 Å². The number of methoxy groups -OCH3 is 3. The zero-order chi connectivity index (χ0) is 14.8. The fourth-order valence-electron chi connectivity index (χ4n) is 2.41. The summed E-state index contributed by atoms with van der Waals surface area (Å²) in [6, 6.07) is 7.80. The minimum atomic E-state index is 0.575. The molecule has 5 heteroatoms. The molecule has 2 aromatic heterocycles. The summed E-state index contributed by atoms with van der Waals surface area (Å²) >= 11 is 0. The molecule has 0 saturated heterocycles. The fourth-order valence-corrected chi connectivity index (χ4v) is 2.41. The first-order chi connectivity index (χ1) is 10.3. The number of benzene rings is 1. The van der Waals surface area contributed by atoms with Gasteiger partial charge in [0.25, 0.3) is 0 Å². The van der Waals surface area contributed by atoms with Crippen LogP contribution in [0.25, 0.3) is 16.8 Å². The van der Waals surface area contributed by atoms with Crippen LogP contribution >= 0.6 is 0 Å². The van der Waals surface area contributed by atoms with Gasteiger partial charge in [-0.3, -0.25) is 4.98 Å². The highest BCUT2D eigenvalue weighted by Crippen LogP contribution is 2.41. The van der Waals surface area contributed by atoms with E-state index in [9.17, 15) is 0 Å². The lowest BCUT2D eigenvalue weighted by Crippen LogP contribution is -1.97. The molecule has 0 aliphatic carbocycles. The normalized spacial score (nSPS) is 10.6. The smallest absolute Gasteiger partial charge is 0.203 e. The standard InChI is InChI=1S/C16H16N2O3/c1-19-13-9-11(10-14(20-2)16(13)21-3)15-12-5-4-7-18(12)8-6-17-15/h4-10H,1-3H3. The van der Waals surface area contributed by atoms with Crippen LogP contribution in [0.1, 0.15) is 0 Å². The van der Waals surface area contributed by atoms with Gasteiger partial charge in [-0.25, -0.2) is 0 Å². The molecular formula is C16H16N2O3. The van der Waals surface area contributed by atoms with Crippen LogP contribution in [0.4, 0.5) is 0 Å². The third-order valence-electron chi connectivity index (χ3n) is 3.39. The third-order valence-corrected chi connectivity index (χ3v) is 3.39. The molecule has 0 bridgehead atoms. The summed E-state index contributed by atoms with van der Waals surface area (Å²) in [4.78, 5) is 4.48. The molecule has 108 valence electrons. The van der Waals surface area contributed by atoms with Crippen LogP contribution in [0, 0.1) is 0 Å². The van der Waals surface area contributed by atoms with Crippen molar-refractivity contribution in [3.63, 3.8) is 0 Å². The summed E-state index contributed by atoms with van der Waals surface area (Å²) in [5, 5.41) is 0. The predicted octanol–water partition coefficient (Wildman–Crippen LogP) is 3.03. The van der Waals surface area contributed by atoms with E-state index in [1.54, 1.807) is 27.5 Å². The molecule has 0 radical (unpaired) electrons. The van der Waals surface area contributed by atoms with Gasteiger partial charge in [0.1, 0.15) is 0 Å². The lowest BCUT2D eigenvalue weighted by Gasteiger charge is -2.14. The molecule has 0 saturated carbocycles. The van der Waals surface area contributed by atoms with Gasteiger partial charge in [0.2, 0.25) is 5.75 Å². The summed E-state index contributed by atoms with van der Waals surface area (Å²) in [6.07, 6.45) is 5.67. The van der Waals surface area contributed by atoms with Crippen LogP contribution in [-0.4, -0.2) is 30.7 Å². The Morgan fingerprint density at radius 2 is 1.67 bits per heavy atom. The fraction of sp³-hybridized carbons (Fsp3) is 0.188. The van der Waals surface area contributed by atoms with E-state index in [1.165, 1.54) is 0 Å². The Kier molecular flexibility index (Phi) is 3.39. The number of ether oxygens (including phenoxy) is 3. The molecule has 0 atom stereocenters. The molecule has 0 aliphatic heterocycles. The molecule has 0 spiro atoms. The Balaban J connectivity index is 2.25. The molecule has 0 unspecified atom stereocenters. The van der Waals surface area contributed by atoms with Gasteiger partial charge in [-0.05, 0) is 24.3 Å². The van der Waals surface area contributed by atoms with E-state index < -0.39 is 0 Å². The quantitative estimate of drug-likeness (QED) is 0.738. The zero-order valence-corrected chi connectivity index (χ0v) is 12.2. The van der Waals surface area contributed by atoms with Crippen LogP contribution in [0.15, 0.2) is 42.9 Å². The lowest BCUT2D eigenvalue weighted by molar-refractivity contribution is 0.324. The highest BCUT2D eigenvalue weighted by Gasteiger charge is 2.16. The molecule has 2 heterocycles. The predicted molar refractivity (Wildman–Crippen MR) is 80.3 cm³/mol. The molecular weight excluding hydrogens is 268 g/mol. The number of aromatic nitrogens is 2. The Morgan fingerprint density at radius 1 is 0.952 bits per heavy atom. The van der Waals surface area contributed by atoms with Gasteiger partial charge in [0, 0.05) is 24.2 Å². The van der Waals surface area contributed by atoms with E-state index in [1.807, 2.05) is 41.1 Å². The van der Waals surface area contributed by atoms with Gasteiger partial charge in [-0.1, -0.05) is 0 Å². The number of rotatable bonds is 4. The van der Waals surface area contributed by atoms with Crippen molar-refractivity contribution in [1.82, 2.24) is 9.38 Å². The average Bonchev–Trinajstić information content (AvgIpc) is 3.01. The van der Waals surface area contributed by atoms with Crippen molar-refractivity contribution in [2.45, 2.75) is 0 Å². The van der Waals surface area contributed by atoms with E-state index >= 15 is 0 Å². The third kappa shape index (κ3) is 2.16. The van der Waals surface area contributed by atoms with E-state index in [4.69, 9.17) is 14.2 Å². The SMILES string of the molecule is COc1cc(-c2nccn3cccc23)cc(OC)c1OC. The maximum atomic E-state index is 5.39. The van der Waals surface area contributed by atoms with Crippen LogP contribution < -0.4 is 14.2 Å². The summed E-state index contributed by atoms with van der Waals surface area (Å²) in [6.45, 7) is 0. The van der Waals surface area contributed by atoms with E-state index in [-0.39, 0.29) is 0 Å². The summed E-state index contributed by atoms with van der Waals surface area (Å²) in [5.74, 6) is 1.80. The summed E-state index contributed by atoms with van der Waals surface area (Å²) < 4.78 is 18.2. The van der Waals surface area contributed by atoms with Crippen LogP contribution in [0.2, 0.25) is 0 Å². The van der Waals surface area contributed by atoms with Gasteiger partial charge < -0.3 is 18.6 Å². The van der Waals surface area contributed by atoms with Crippen LogP contribution in [0.3, 0.4) is 0 Å². The first-order valence-electron chi connectivity index (χ1n) is 6.50. The van der Waals surface area contributed by atoms with Gasteiger partial charge >= 0.3 is 0 Å². The second kappa shape index (κ2) is 5.36. The van der Waals surface area contributed by atoms with Crippen molar-refractivity contribution in [1.29, 1.82) is 0 Å². The molecule has 1 aromatic carbocycles. The molecule has 3 rings (SSSR count). The van der Waals surface area contributed by atoms with Crippen molar-refractivity contribution in [2.75, 3.05) is 21.3 Å². The molecule has 0 fully saturated rings. The Morgan fingerprint density at radius 3 is 2.29 bits per heavy atom. The van der Waals surface area contributed by atoms with Gasteiger partial charge in [0.15, 0.2) is 11.5 Å².